The summed E-state index contributed by atoms with van der Waals surface area (Å²) in [5.74, 6) is 0.759. The van der Waals surface area contributed by atoms with Crippen LogP contribution in [0.3, 0.4) is 0 Å². The molecule has 5 heteroatoms. The second-order valence-corrected chi connectivity index (χ2v) is 6.73. The van der Waals surface area contributed by atoms with Crippen LogP contribution in [0.2, 0.25) is 0 Å². The van der Waals surface area contributed by atoms with Gasteiger partial charge >= 0.3 is 0 Å². The third-order valence-electron chi connectivity index (χ3n) is 4.72. The van der Waals surface area contributed by atoms with Gasteiger partial charge < -0.3 is 5.32 Å². The molecule has 2 aromatic heterocycles. The average Bonchev–Trinajstić information content (AvgIpc) is 3.03. The normalized spacial score (nSPS) is 11.1. The Morgan fingerprint density at radius 2 is 1.69 bits per heavy atom. The number of benzene rings is 2. The van der Waals surface area contributed by atoms with Gasteiger partial charge in [-0.05, 0) is 62.6 Å². The Morgan fingerprint density at radius 3 is 2.46 bits per heavy atom. The Bertz CT molecular complexity index is 1110. The van der Waals surface area contributed by atoms with Crippen LogP contribution in [0.1, 0.15) is 22.3 Å². The van der Waals surface area contributed by atoms with Gasteiger partial charge in [0.1, 0.15) is 12.1 Å². The smallest absolute Gasteiger partial charge is 0.168 e. The quantitative estimate of drug-likeness (QED) is 0.581. The number of nitrogens with zero attached hydrogens (tertiary/aromatic N) is 4. The van der Waals surface area contributed by atoms with Gasteiger partial charge in [-0.3, -0.25) is 0 Å². The molecule has 0 atom stereocenters. The van der Waals surface area contributed by atoms with Gasteiger partial charge in [-0.25, -0.2) is 14.6 Å². The van der Waals surface area contributed by atoms with Gasteiger partial charge in [0.2, 0.25) is 0 Å². The van der Waals surface area contributed by atoms with Crippen LogP contribution in [0.5, 0.6) is 0 Å². The summed E-state index contributed by atoms with van der Waals surface area (Å²) in [5, 5.41) is 8.86. The predicted octanol–water partition coefficient (Wildman–Crippen LogP) is 4.79. The van der Waals surface area contributed by atoms with E-state index in [1.54, 1.807) is 6.33 Å². The number of aryl methyl sites for hydroxylation is 4. The SMILES string of the molecule is Cc1ccc(-n2ncc3c(Nc4ccc(C)c(C)c4)ncnc32)c(C)c1. The van der Waals surface area contributed by atoms with E-state index in [0.717, 1.165) is 33.8 Å². The van der Waals surface area contributed by atoms with Crippen LogP contribution in [0.4, 0.5) is 11.5 Å². The number of hydrogen-bond acceptors (Lipinski definition) is 4. The average molecular weight is 343 g/mol. The van der Waals surface area contributed by atoms with E-state index in [1.165, 1.54) is 16.7 Å². The molecular formula is C21H21N5. The highest BCUT2D eigenvalue weighted by Crippen LogP contribution is 2.26. The molecule has 4 aromatic rings. The number of anilines is 2. The summed E-state index contributed by atoms with van der Waals surface area (Å²) in [6.07, 6.45) is 3.39. The summed E-state index contributed by atoms with van der Waals surface area (Å²) >= 11 is 0. The Labute approximate surface area is 152 Å². The van der Waals surface area contributed by atoms with E-state index in [-0.39, 0.29) is 0 Å². The summed E-state index contributed by atoms with van der Waals surface area (Å²) in [7, 11) is 0. The van der Waals surface area contributed by atoms with Gasteiger partial charge in [0.25, 0.3) is 0 Å². The third-order valence-corrected chi connectivity index (χ3v) is 4.72. The van der Waals surface area contributed by atoms with Crippen LogP contribution < -0.4 is 5.32 Å². The standard InChI is InChI=1S/C21H21N5/c1-13-5-8-19(16(4)9-13)26-21-18(11-24-26)20(22-12-23-21)25-17-7-6-14(2)15(3)10-17/h5-12H,1-4H3,(H,22,23,25). The van der Waals surface area contributed by atoms with Gasteiger partial charge in [0, 0.05) is 5.69 Å². The third kappa shape index (κ3) is 2.81. The fraction of sp³-hybridized carbons (Fsp3) is 0.190. The summed E-state index contributed by atoms with van der Waals surface area (Å²) < 4.78 is 1.87. The van der Waals surface area contributed by atoms with E-state index in [0.29, 0.717) is 0 Å². The minimum atomic E-state index is 0.759. The van der Waals surface area contributed by atoms with Crippen LogP contribution in [0.15, 0.2) is 48.9 Å². The van der Waals surface area contributed by atoms with Crippen molar-refractivity contribution in [1.29, 1.82) is 0 Å². The monoisotopic (exact) mass is 343 g/mol. The molecule has 4 rings (SSSR count). The fourth-order valence-corrected chi connectivity index (χ4v) is 3.12. The van der Waals surface area contributed by atoms with Crippen molar-refractivity contribution in [3.05, 3.63) is 71.2 Å². The zero-order valence-electron chi connectivity index (χ0n) is 15.4. The first-order chi connectivity index (χ1) is 12.5. The number of rotatable bonds is 3. The maximum atomic E-state index is 4.56. The van der Waals surface area contributed by atoms with Gasteiger partial charge in [-0.1, -0.05) is 23.8 Å². The van der Waals surface area contributed by atoms with Gasteiger partial charge in [0.15, 0.2) is 5.65 Å². The second kappa shape index (κ2) is 6.26. The zero-order valence-corrected chi connectivity index (χ0v) is 15.4. The molecule has 1 N–H and O–H groups in total. The number of nitrogens with one attached hydrogen (secondary N) is 1. The Morgan fingerprint density at radius 1 is 0.846 bits per heavy atom. The molecule has 0 radical (unpaired) electrons. The first-order valence-corrected chi connectivity index (χ1v) is 8.63. The molecule has 0 aliphatic heterocycles. The molecule has 26 heavy (non-hydrogen) atoms. The summed E-state index contributed by atoms with van der Waals surface area (Å²) in [4.78, 5) is 8.89. The fourth-order valence-electron chi connectivity index (χ4n) is 3.12. The van der Waals surface area contributed by atoms with Crippen molar-refractivity contribution < 1.29 is 0 Å². The van der Waals surface area contributed by atoms with Gasteiger partial charge in [-0.2, -0.15) is 5.10 Å². The lowest BCUT2D eigenvalue weighted by Crippen LogP contribution is -2.01. The molecule has 0 spiro atoms. The van der Waals surface area contributed by atoms with Gasteiger partial charge in [0.05, 0.1) is 17.3 Å². The highest BCUT2D eigenvalue weighted by Gasteiger charge is 2.13. The van der Waals surface area contributed by atoms with E-state index in [4.69, 9.17) is 0 Å². The molecule has 130 valence electrons. The highest BCUT2D eigenvalue weighted by atomic mass is 15.3. The number of hydrogen-bond donors (Lipinski definition) is 1. The van der Waals surface area contributed by atoms with Crippen molar-refractivity contribution >= 4 is 22.5 Å². The van der Waals surface area contributed by atoms with E-state index >= 15 is 0 Å². The van der Waals surface area contributed by atoms with Crippen LogP contribution in [-0.4, -0.2) is 19.7 Å². The molecule has 2 aromatic carbocycles. The molecule has 0 fully saturated rings. The number of aromatic nitrogens is 4. The first-order valence-electron chi connectivity index (χ1n) is 8.63. The summed E-state index contributed by atoms with van der Waals surface area (Å²) in [5.41, 5.74) is 7.73. The van der Waals surface area contributed by atoms with Crippen molar-refractivity contribution in [3.8, 4) is 5.69 Å². The molecule has 0 unspecified atom stereocenters. The lowest BCUT2D eigenvalue weighted by molar-refractivity contribution is 0.886. The van der Waals surface area contributed by atoms with Crippen molar-refractivity contribution in [3.63, 3.8) is 0 Å². The molecular weight excluding hydrogens is 322 g/mol. The maximum absolute atomic E-state index is 4.56. The number of fused-ring (bicyclic) bond motifs is 1. The largest absolute Gasteiger partial charge is 0.340 e. The molecule has 0 aliphatic rings. The highest BCUT2D eigenvalue weighted by molar-refractivity contribution is 5.89. The Kier molecular flexibility index (Phi) is 3.92. The van der Waals surface area contributed by atoms with E-state index in [9.17, 15) is 0 Å². The minimum Gasteiger partial charge on any atom is -0.340 e. The molecule has 0 amide bonds. The molecule has 0 bridgehead atoms. The van der Waals surface area contributed by atoms with Crippen molar-refractivity contribution in [2.45, 2.75) is 27.7 Å². The molecule has 5 nitrogen and oxygen atoms in total. The van der Waals surface area contributed by atoms with Crippen LogP contribution in [-0.2, 0) is 0 Å². The molecule has 2 heterocycles. The lowest BCUT2D eigenvalue weighted by atomic mass is 10.1. The zero-order chi connectivity index (χ0) is 18.3. The topological polar surface area (TPSA) is 55.6 Å². The molecule has 0 saturated carbocycles. The van der Waals surface area contributed by atoms with Crippen LogP contribution in [0, 0.1) is 27.7 Å². The van der Waals surface area contributed by atoms with E-state index in [1.807, 2.05) is 10.9 Å². The summed E-state index contributed by atoms with van der Waals surface area (Å²) in [6, 6.07) is 12.6. The summed E-state index contributed by atoms with van der Waals surface area (Å²) in [6.45, 7) is 8.39. The maximum Gasteiger partial charge on any atom is 0.168 e. The van der Waals surface area contributed by atoms with Gasteiger partial charge in [-0.15, -0.1) is 0 Å². The molecule has 0 saturated heterocycles. The van der Waals surface area contributed by atoms with E-state index in [2.05, 4.69) is 84.5 Å². The predicted molar refractivity (Wildman–Crippen MR) is 105 cm³/mol. The Balaban J connectivity index is 1.78. The van der Waals surface area contributed by atoms with Crippen LogP contribution >= 0.6 is 0 Å². The molecule has 0 aliphatic carbocycles. The van der Waals surface area contributed by atoms with Crippen molar-refractivity contribution in [2.75, 3.05) is 5.32 Å². The van der Waals surface area contributed by atoms with Crippen molar-refractivity contribution in [2.24, 2.45) is 0 Å². The lowest BCUT2D eigenvalue weighted by Gasteiger charge is -2.10. The van der Waals surface area contributed by atoms with Crippen molar-refractivity contribution in [1.82, 2.24) is 19.7 Å². The van der Waals surface area contributed by atoms with E-state index < -0.39 is 0 Å². The first kappa shape index (κ1) is 16.3. The Hall–Kier alpha value is -3.21. The minimum absolute atomic E-state index is 0.759. The second-order valence-electron chi connectivity index (χ2n) is 6.73. The van der Waals surface area contributed by atoms with Crippen LogP contribution in [0.25, 0.3) is 16.7 Å².